The summed E-state index contributed by atoms with van der Waals surface area (Å²) >= 11 is 0. The van der Waals surface area contributed by atoms with Crippen molar-refractivity contribution in [2.75, 3.05) is 19.5 Å². The zero-order chi connectivity index (χ0) is 17.2. The Kier molecular flexibility index (Phi) is 4.39. The lowest BCUT2D eigenvalue weighted by atomic mass is 10.2. The largest absolute Gasteiger partial charge is 0.490 e. The van der Waals surface area contributed by atoms with Gasteiger partial charge in [0.15, 0.2) is 16.4 Å². The molecule has 0 N–H and O–H groups in total. The highest BCUT2D eigenvalue weighted by atomic mass is 32.2. The summed E-state index contributed by atoms with van der Waals surface area (Å²) in [5.74, 6) is 0.756. The van der Waals surface area contributed by atoms with Gasteiger partial charge < -0.3 is 9.57 Å². The van der Waals surface area contributed by atoms with Gasteiger partial charge >= 0.3 is 0 Å². The summed E-state index contributed by atoms with van der Waals surface area (Å²) < 4.78 is 28.8. The van der Waals surface area contributed by atoms with E-state index in [9.17, 15) is 8.42 Å². The van der Waals surface area contributed by atoms with E-state index < -0.39 is 9.84 Å². The Morgan fingerprint density at radius 2 is 1.83 bits per heavy atom. The minimum absolute atomic E-state index is 0.193. The summed E-state index contributed by atoms with van der Waals surface area (Å²) in [6.45, 7) is 2.58. The Morgan fingerprint density at radius 1 is 1.08 bits per heavy atom. The van der Waals surface area contributed by atoms with Crippen LogP contribution in [0.2, 0.25) is 0 Å². The lowest BCUT2D eigenvalue weighted by Crippen LogP contribution is -2.19. The van der Waals surface area contributed by atoms with Crippen LogP contribution in [0.5, 0.6) is 5.75 Å². The highest BCUT2D eigenvalue weighted by Crippen LogP contribution is 2.16. The first-order chi connectivity index (χ1) is 11.4. The molecule has 0 aliphatic carbocycles. The van der Waals surface area contributed by atoms with Gasteiger partial charge in [0.1, 0.15) is 23.4 Å². The molecule has 0 atom stereocenters. The standard InChI is InChI=1S/C16H17N3O4S/c1-12-3-5-13(6-4-12)22-9-10-23-19-16-11-14(24(2,20)21)7-8-15(16)17-18-19/h3-8,11H,9-10H2,1-2H3. The maximum Gasteiger partial charge on any atom is 0.175 e. The van der Waals surface area contributed by atoms with Crippen LogP contribution in [0.25, 0.3) is 11.0 Å². The average Bonchev–Trinajstić information content (AvgIpc) is 2.95. The van der Waals surface area contributed by atoms with Crippen LogP contribution in [0, 0.1) is 6.92 Å². The molecule has 1 heterocycles. The average molecular weight is 347 g/mol. The summed E-state index contributed by atoms with van der Waals surface area (Å²) in [6, 6.07) is 12.3. The predicted octanol–water partition coefficient (Wildman–Crippen LogP) is 1.65. The first kappa shape index (κ1) is 16.3. The van der Waals surface area contributed by atoms with Gasteiger partial charge in [-0.2, -0.15) is 0 Å². The minimum Gasteiger partial charge on any atom is -0.490 e. The van der Waals surface area contributed by atoms with Crippen molar-refractivity contribution in [1.82, 2.24) is 15.2 Å². The van der Waals surface area contributed by atoms with Gasteiger partial charge in [0, 0.05) is 6.26 Å². The number of hydrogen-bond donors (Lipinski definition) is 0. The smallest absolute Gasteiger partial charge is 0.175 e. The van der Waals surface area contributed by atoms with Crippen LogP contribution in [0.15, 0.2) is 47.4 Å². The van der Waals surface area contributed by atoms with Gasteiger partial charge in [-0.3, -0.25) is 0 Å². The van der Waals surface area contributed by atoms with Crippen molar-refractivity contribution in [2.24, 2.45) is 0 Å². The van der Waals surface area contributed by atoms with Crippen LogP contribution in [0.4, 0.5) is 0 Å². The number of nitrogens with zero attached hydrogens (tertiary/aromatic N) is 3. The second-order valence-electron chi connectivity index (χ2n) is 5.38. The van der Waals surface area contributed by atoms with Gasteiger partial charge in [-0.05, 0) is 42.5 Å². The topological polar surface area (TPSA) is 83.3 Å². The number of hydrogen-bond acceptors (Lipinski definition) is 6. The van der Waals surface area contributed by atoms with Gasteiger partial charge in [-0.1, -0.05) is 22.5 Å². The molecule has 0 aliphatic rings. The molecule has 0 bridgehead atoms. The number of fused-ring (bicyclic) bond motifs is 1. The molecule has 126 valence electrons. The van der Waals surface area contributed by atoms with Gasteiger partial charge in [0.05, 0.1) is 4.90 Å². The molecule has 0 aliphatic heterocycles. The fourth-order valence-electron chi connectivity index (χ4n) is 2.12. The van der Waals surface area contributed by atoms with E-state index in [4.69, 9.17) is 9.57 Å². The SMILES string of the molecule is Cc1ccc(OCCOn2nnc3ccc(S(C)(=O)=O)cc32)cc1. The lowest BCUT2D eigenvalue weighted by molar-refractivity contribution is 0.0639. The maximum atomic E-state index is 11.6. The van der Waals surface area contributed by atoms with E-state index in [1.165, 1.54) is 17.0 Å². The fourth-order valence-corrected chi connectivity index (χ4v) is 2.76. The number of aromatic nitrogens is 3. The maximum absolute atomic E-state index is 11.6. The number of benzene rings is 2. The summed E-state index contributed by atoms with van der Waals surface area (Å²) in [5.41, 5.74) is 2.21. The van der Waals surface area contributed by atoms with E-state index in [2.05, 4.69) is 10.3 Å². The van der Waals surface area contributed by atoms with Crippen LogP contribution in [-0.2, 0) is 9.84 Å². The monoisotopic (exact) mass is 347 g/mol. The Morgan fingerprint density at radius 3 is 2.54 bits per heavy atom. The first-order valence-electron chi connectivity index (χ1n) is 7.32. The second-order valence-corrected chi connectivity index (χ2v) is 7.40. The molecule has 0 unspecified atom stereocenters. The van der Waals surface area contributed by atoms with Crippen molar-refractivity contribution < 1.29 is 18.0 Å². The molecule has 3 rings (SSSR count). The Balaban J connectivity index is 1.65. The van der Waals surface area contributed by atoms with E-state index >= 15 is 0 Å². The molecule has 0 saturated carbocycles. The molecular weight excluding hydrogens is 330 g/mol. The van der Waals surface area contributed by atoms with Crippen LogP contribution in [0.3, 0.4) is 0 Å². The predicted molar refractivity (Wildman–Crippen MR) is 88.8 cm³/mol. The van der Waals surface area contributed by atoms with E-state index in [1.807, 2.05) is 31.2 Å². The molecule has 0 radical (unpaired) electrons. The van der Waals surface area contributed by atoms with E-state index in [0.29, 0.717) is 17.6 Å². The molecule has 7 nitrogen and oxygen atoms in total. The number of aryl methyl sites for hydroxylation is 1. The highest BCUT2D eigenvalue weighted by Gasteiger charge is 2.12. The number of sulfone groups is 1. The molecule has 1 aromatic heterocycles. The van der Waals surface area contributed by atoms with Crippen LogP contribution in [-0.4, -0.2) is 43.0 Å². The molecule has 24 heavy (non-hydrogen) atoms. The molecule has 0 amide bonds. The van der Waals surface area contributed by atoms with Crippen molar-refractivity contribution in [2.45, 2.75) is 11.8 Å². The zero-order valence-corrected chi connectivity index (χ0v) is 14.2. The Hall–Kier alpha value is -2.61. The van der Waals surface area contributed by atoms with Gasteiger partial charge in [0.2, 0.25) is 0 Å². The van der Waals surface area contributed by atoms with Crippen molar-refractivity contribution in [3.8, 4) is 5.75 Å². The second kappa shape index (κ2) is 6.48. The van der Waals surface area contributed by atoms with E-state index in [-0.39, 0.29) is 11.5 Å². The fraction of sp³-hybridized carbons (Fsp3) is 0.250. The van der Waals surface area contributed by atoms with Gasteiger partial charge in [-0.25, -0.2) is 8.42 Å². The molecule has 8 heteroatoms. The van der Waals surface area contributed by atoms with Crippen LogP contribution >= 0.6 is 0 Å². The molecule has 0 fully saturated rings. The van der Waals surface area contributed by atoms with Crippen LogP contribution in [0.1, 0.15) is 5.56 Å². The summed E-state index contributed by atoms with van der Waals surface area (Å²) in [6.07, 6.45) is 1.15. The minimum atomic E-state index is -3.30. The molecule has 0 spiro atoms. The third kappa shape index (κ3) is 3.65. The molecule has 2 aromatic carbocycles. The Labute approximate surface area is 139 Å². The normalized spacial score (nSPS) is 11.6. The zero-order valence-electron chi connectivity index (χ0n) is 13.3. The quantitative estimate of drug-likeness (QED) is 0.631. The van der Waals surface area contributed by atoms with Crippen molar-refractivity contribution >= 4 is 20.9 Å². The van der Waals surface area contributed by atoms with E-state index in [0.717, 1.165) is 17.6 Å². The summed E-state index contributed by atoms with van der Waals surface area (Å²) in [7, 11) is -3.30. The number of ether oxygens (including phenoxy) is 1. The molecular formula is C16H17N3O4S. The summed E-state index contributed by atoms with van der Waals surface area (Å²) in [4.78, 5) is 6.90. The van der Waals surface area contributed by atoms with Crippen molar-refractivity contribution in [1.29, 1.82) is 0 Å². The third-order valence-electron chi connectivity index (χ3n) is 3.40. The first-order valence-corrected chi connectivity index (χ1v) is 9.21. The van der Waals surface area contributed by atoms with Gasteiger partial charge in [-0.15, -0.1) is 5.10 Å². The molecule has 0 saturated heterocycles. The van der Waals surface area contributed by atoms with Crippen molar-refractivity contribution in [3.05, 3.63) is 48.0 Å². The highest BCUT2D eigenvalue weighted by molar-refractivity contribution is 7.90. The van der Waals surface area contributed by atoms with E-state index in [1.54, 1.807) is 6.07 Å². The Bertz CT molecular complexity index is 949. The molecule has 3 aromatic rings. The van der Waals surface area contributed by atoms with Gasteiger partial charge in [0.25, 0.3) is 0 Å². The summed E-state index contributed by atoms with van der Waals surface area (Å²) in [5, 5.41) is 7.81. The van der Waals surface area contributed by atoms with Crippen molar-refractivity contribution in [3.63, 3.8) is 0 Å². The van der Waals surface area contributed by atoms with Crippen LogP contribution < -0.4 is 9.57 Å². The number of rotatable bonds is 6. The lowest BCUT2D eigenvalue weighted by Gasteiger charge is -2.08. The third-order valence-corrected chi connectivity index (χ3v) is 4.51.